The number of hydrogen-bond donors (Lipinski definition) is 3. The number of carbonyl (C=O) groups excluding carboxylic acids is 1. The molecule has 5 atom stereocenters. The van der Waals surface area contributed by atoms with Gasteiger partial charge in [-0.1, -0.05) is 69.5 Å². The highest BCUT2D eigenvalue weighted by Gasteiger charge is 2.29. The first-order valence-electron chi connectivity index (χ1n) is 15.4. The van der Waals surface area contributed by atoms with Crippen LogP contribution in [-0.4, -0.2) is 53.7 Å². The molecule has 42 heavy (non-hydrogen) atoms. The van der Waals surface area contributed by atoms with Crippen molar-refractivity contribution in [1.29, 1.82) is 0 Å². The summed E-state index contributed by atoms with van der Waals surface area (Å²) in [6.07, 6.45) is 10.3. The van der Waals surface area contributed by atoms with Crippen molar-refractivity contribution >= 4 is 22.6 Å². The van der Waals surface area contributed by atoms with Crippen molar-refractivity contribution in [1.82, 2.24) is 4.72 Å². The number of nitrogens with zero attached hydrogens (tertiary/aromatic N) is 1. The van der Waals surface area contributed by atoms with Crippen molar-refractivity contribution in [3.05, 3.63) is 65.2 Å². The van der Waals surface area contributed by atoms with Crippen molar-refractivity contribution in [2.75, 3.05) is 38.3 Å². The summed E-state index contributed by atoms with van der Waals surface area (Å²) in [7, 11) is -0.740. The summed E-state index contributed by atoms with van der Waals surface area (Å²) < 4.78 is 22.4. The molecule has 0 saturated heterocycles. The molecule has 232 valence electrons. The zero-order valence-electron chi connectivity index (χ0n) is 26.0. The molecule has 2 aromatic carbocycles. The van der Waals surface area contributed by atoms with Crippen LogP contribution in [0.3, 0.4) is 0 Å². The molecule has 4 unspecified atom stereocenters. The van der Waals surface area contributed by atoms with Gasteiger partial charge in [0.05, 0.1) is 29.7 Å². The molecule has 3 N–H and O–H groups in total. The van der Waals surface area contributed by atoms with Gasteiger partial charge in [-0.3, -0.25) is 9.52 Å². The minimum absolute atomic E-state index is 0.0570. The Bertz CT molecular complexity index is 1220. The van der Waals surface area contributed by atoms with Gasteiger partial charge in [0.15, 0.2) is 11.0 Å². The van der Waals surface area contributed by atoms with Gasteiger partial charge >= 0.3 is 0 Å². The monoisotopic (exact) mass is 598 g/mol. The van der Waals surface area contributed by atoms with Crippen molar-refractivity contribution in [2.24, 2.45) is 17.8 Å². The highest BCUT2D eigenvalue weighted by Crippen LogP contribution is 2.38. The predicted molar refractivity (Wildman–Crippen MR) is 171 cm³/mol. The van der Waals surface area contributed by atoms with Crippen LogP contribution < -0.4 is 14.4 Å². The summed E-state index contributed by atoms with van der Waals surface area (Å²) in [6.45, 7) is 10.6. The summed E-state index contributed by atoms with van der Waals surface area (Å²) in [5.41, 5.74) is 4.95. The third-order valence-corrected chi connectivity index (χ3v) is 9.63. The molecule has 0 spiro atoms. The Balaban J connectivity index is 0.00000237. The lowest BCUT2D eigenvalue weighted by Gasteiger charge is -2.29. The van der Waals surface area contributed by atoms with E-state index in [1.165, 1.54) is 16.7 Å². The first kappa shape index (κ1) is 33.8. The fourth-order valence-corrected chi connectivity index (χ4v) is 6.81. The number of benzene rings is 2. The van der Waals surface area contributed by atoms with Gasteiger partial charge in [0.1, 0.15) is 5.75 Å². The Hall–Kier alpha value is -2.68. The van der Waals surface area contributed by atoms with Gasteiger partial charge < -0.3 is 19.8 Å². The predicted octanol–water partition coefficient (Wildman–Crippen LogP) is 5.69. The SMILES string of the molecule is CCCc1cc(C)ccc1C1COc2ccc3cc2N(CCC(CC)C/C=C/C[C@H](C)C(CO)C(=O)NS3=O)C1.CO. The number of hydrogen-bond acceptors (Lipinski definition) is 6. The van der Waals surface area contributed by atoms with Crippen molar-refractivity contribution in [3.63, 3.8) is 0 Å². The van der Waals surface area contributed by atoms with Crippen molar-refractivity contribution in [3.8, 4) is 5.75 Å². The molecule has 2 aliphatic heterocycles. The maximum atomic E-state index is 13.3. The number of amides is 1. The molecule has 0 fully saturated rings. The average Bonchev–Trinajstić information content (AvgIpc) is 3.17. The van der Waals surface area contributed by atoms with Crippen molar-refractivity contribution in [2.45, 2.75) is 77.0 Å². The normalized spacial score (nSPS) is 25.7. The highest BCUT2D eigenvalue weighted by molar-refractivity contribution is 7.83. The van der Waals surface area contributed by atoms with E-state index in [2.05, 4.69) is 60.7 Å². The van der Waals surface area contributed by atoms with Crippen molar-refractivity contribution < 1.29 is 24.0 Å². The number of anilines is 1. The second kappa shape index (κ2) is 16.8. The first-order chi connectivity index (χ1) is 20.3. The summed E-state index contributed by atoms with van der Waals surface area (Å²) in [5, 5.41) is 16.9. The van der Waals surface area contributed by atoms with E-state index in [1.54, 1.807) is 6.07 Å². The lowest BCUT2D eigenvalue weighted by molar-refractivity contribution is -0.125. The zero-order valence-corrected chi connectivity index (χ0v) is 26.8. The van der Waals surface area contributed by atoms with Gasteiger partial charge in [0, 0.05) is 26.1 Å². The van der Waals surface area contributed by atoms with Crippen LogP contribution in [0.25, 0.3) is 0 Å². The molecule has 2 aliphatic rings. The number of nitrogens with one attached hydrogen (secondary N) is 1. The number of allylic oxidation sites excluding steroid dienone is 2. The van der Waals surface area contributed by atoms with Crippen LogP contribution in [0.2, 0.25) is 0 Å². The second-order valence-electron chi connectivity index (χ2n) is 11.5. The molecule has 2 aromatic rings. The van der Waals surface area contributed by atoms with Gasteiger partial charge in [-0.2, -0.15) is 0 Å². The van der Waals surface area contributed by atoms with Gasteiger partial charge in [-0.05, 0) is 73.8 Å². The van der Waals surface area contributed by atoms with Crippen LogP contribution >= 0.6 is 0 Å². The van der Waals surface area contributed by atoms with E-state index in [0.29, 0.717) is 23.8 Å². The molecule has 0 saturated carbocycles. The molecule has 7 nitrogen and oxygen atoms in total. The average molecular weight is 599 g/mol. The molecule has 2 heterocycles. The largest absolute Gasteiger partial charge is 0.491 e. The number of rotatable bonds is 5. The molecule has 1 amide bonds. The molecule has 0 aliphatic carbocycles. The molecule has 0 radical (unpaired) electrons. The Labute approximate surface area is 255 Å². The topological polar surface area (TPSA) is 99.1 Å². The fourth-order valence-electron chi connectivity index (χ4n) is 5.95. The molecule has 2 bridgehead atoms. The number of aliphatic hydroxyl groups excluding tert-OH is 2. The number of carbonyl (C=O) groups is 1. The van der Waals surface area contributed by atoms with Gasteiger partial charge in [-0.15, -0.1) is 0 Å². The van der Waals surface area contributed by atoms with Gasteiger partial charge in [0.2, 0.25) is 5.91 Å². The fraction of sp³-hybridized carbons (Fsp3) is 0.559. The molecular formula is C34H50N2O5S. The maximum Gasteiger partial charge on any atom is 0.237 e. The Kier molecular flexibility index (Phi) is 13.5. The van der Waals surface area contributed by atoms with E-state index in [4.69, 9.17) is 9.84 Å². The minimum atomic E-state index is -1.74. The summed E-state index contributed by atoms with van der Waals surface area (Å²) in [5.74, 6) is 0.478. The van der Waals surface area contributed by atoms with E-state index >= 15 is 0 Å². The standard InChI is InChI=1S/C33H46N2O4S.CH4O/c1-5-9-26-18-23(3)12-14-29(26)27-20-35-17-16-25(6-2)11-8-7-10-24(4)30(21-36)33(37)34-40(38)28-13-15-32(39-22-27)31(35)19-28;1-2/h7-8,12-15,18-19,24-25,27,30,36H,5-6,9-11,16-17,20-22H2,1-4H3,(H,34,37);2H,1H3/b8-7+;/t24-,25?,27?,30?,40?;/m0./s1. The van der Waals surface area contributed by atoms with Crippen LogP contribution in [0.5, 0.6) is 5.75 Å². The van der Waals surface area contributed by atoms with Crippen LogP contribution in [0.1, 0.15) is 75.5 Å². The Morgan fingerprint density at radius 1 is 1.10 bits per heavy atom. The van der Waals surface area contributed by atoms with E-state index in [9.17, 15) is 14.1 Å². The summed E-state index contributed by atoms with van der Waals surface area (Å²) in [4.78, 5) is 15.9. The van der Waals surface area contributed by atoms with E-state index < -0.39 is 16.9 Å². The van der Waals surface area contributed by atoms with Gasteiger partial charge in [-0.25, -0.2) is 4.21 Å². The van der Waals surface area contributed by atoms with Crippen LogP contribution in [0.4, 0.5) is 5.69 Å². The zero-order chi connectivity index (χ0) is 30.6. The van der Waals surface area contributed by atoms with E-state index in [-0.39, 0.29) is 24.3 Å². The second-order valence-corrected chi connectivity index (χ2v) is 12.8. The molecule has 8 heteroatoms. The number of ether oxygens (including phenoxy) is 1. The third-order valence-electron chi connectivity index (χ3n) is 8.57. The lowest BCUT2D eigenvalue weighted by atomic mass is 9.90. The minimum Gasteiger partial charge on any atom is -0.491 e. The van der Waals surface area contributed by atoms with Crippen LogP contribution in [0, 0.1) is 24.7 Å². The van der Waals surface area contributed by atoms with Crippen LogP contribution in [-0.2, 0) is 22.2 Å². The molecule has 4 rings (SSSR count). The maximum absolute atomic E-state index is 13.3. The van der Waals surface area contributed by atoms with Crippen LogP contribution in [0.15, 0.2) is 53.4 Å². The summed E-state index contributed by atoms with van der Waals surface area (Å²) >= 11 is 0. The quantitative estimate of drug-likeness (QED) is 0.383. The van der Waals surface area contributed by atoms with E-state index in [0.717, 1.165) is 63.7 Å². The van der Waals surface area contributed by atoms with E-state index in [1.807, 2.05) is 19.1 Å². The lowest BCUT2D eigenvalue weighted by Crippen LogP contribution is -2.37. The number of aliphatic hydroxyl groups is 2. The molecule has 0 aromatic heterocycles. The third kappa shape index (κ3) is 8.68. The summed E-state index contributed by atoms with van der Waals surface area (Å²) in [6, 6.07) is 12.4. The molecular weight excluding hydrogens is 548 g/mol. The number of aryl methyl sites for hydroxylation is 2. The highest BCUT2D eigenvalue weighted by atomic mass is 32.2. The van der Waals surface area contributed by atoms with Gasteiger partial charge in [0.25, 0.3) is 0 Å². The Morgan fingerprint density at radius 3 is 2.57 bits per heavy atom. The smallest absolute Gasteiger partial charge is 0.237 e. The first-order valence-corrected chi connectivity index (χ1v) is 16.5. The Morgan fingerprint density at radius 2 is 1.86 bits per heavy atom. The number of fused-ring (bicyclic) bond motifs is 1.